The summed E-state index contributed by atoms with van der Waals surface area (Å²) in [5.41, 5.74) is 7.44. The van der Waals surface area contributed by atoms with Crippen LogP contribution in [-0.4, -0.2) is 14.2 Å². The van der Waals surface area contributed by atoms with Crippen LogP contribution in [0, 0.1) is 0 Å². The molecule has 0 atom stereocenters. The van der Waals surface area contributed by atoms with Gasteiger partial charge in [-0.3, -0.25) is 0 Å². The van der Waals surface area contributed by atoms with Crippen LogP contribution < -0.4 is 5.73 Å². The monoisotopic (exact) mass is 281 g/mol. The quantitative estimate of drug-likeness (QED) is 0.857. The van der Waals surface area contributed by atoms with Crippen molar-refractivity contribution in [2.24, 2.45) is 0 Å². The Morgan fingerprint density at radius 2 is 1.83 bits per heavy atom. The van der Waals surface area contributed by atoms with E-state index in [0.29, 0.717) is 10.6 Å². The molecule has 1 heterocycles. The standard InChI is InChI=1S/C13H15NO2S2/c14-12-7-5-11(6-8-12)3-2-10-18(15,16)13-4-1-9-17-13/h1,4-9H,2-3,10,14H2. The molecule has 0 saturated heterocycles. The fraction of sp³-hybridized carbons (Fsp3) is 0.231. The number of hydrogen-bond acceptors (Lipinski definition) is 4. The van der Waals surface area contributed by atoms with Gasteiger partial charge in [0, 0.05) is 5.69 Å². The van der Waals surface area contributed by atoms with E-state index in [9.17, 15) is 8.42 Å². The number of nitrogen functional groups attached to an aromatic ring is 1. The van der Waals surface area contributed by atoms with Gasteiger partial charge in [0.25, 0.3) is 0 Å². The number of anilines is 1. The van der Waals surface area contributed by atoms with Crippen LogP contribution in [0.2, 0.25) is 0 Å². The van der Waals surface area contributed by atoms with Crippen molar-refractivity contribution in [1.29, 1.82) is 0 Å². The minimum Gasteiger partial charge on any atom is -0.399 e. The van der Waals surface area contributed by atoms with Crippen LogP contribution in [0.4, 0.5) is 5.69 Å². The van der Waals surface area contributed by atoms with E-state index in [4.69, 9.17) is 5.73 Å². The second kappa shape index (κ2) is 5.54. The van der Waals surface area contributed by atoms with Gasteiger partial charge in [-0.15, -0.1) is 11.3 Å². The van der Waals surface area contributed by atoms with Crippen molar-refractivity contribution >= 4 is 26.9 Å². The molecule has 0 aliphatic heterocycles. The molecule has 5 heteroatoms. The Morgan fingerprint density at radius 1 is 1.11 bits per heavy atom. The number of aryl methyl sites for hydroxylation is 1. The summed E-state index contributed by atoms with van der Waals surface area (Å²) in [5, 5.41) is 1.78. The smallest absolute Gasteiger partial charge is 0.187 e. The molecule has 0 aliphatic rings. The molecule has 0 aliphatic carbocycles. The molecule has 0 saturated carbocycles. The first-order valence-corrected chi connectivity index (χ1v) is 8.22. The molecule has 0 amide bonds. The highest BCUT2D eigenvalue weighted by Crippen LogP contribution is 2.18. The summed E-state index contributed by atoms with van der Waals surface area (Å²) in [6, 6.07) is 11.0. The normalized spacial score (nSPS) is 11.6. The highest BCUT2D eigenvalue weighted by atomic mass is 32.2. The number of sulfone groups is 1. The highest BCUT2D eigenvalue weighted by molar-refractivity contribution is 7.93. The molecule has 2 rings (SSSR count). The molecule has 18 heavy (non-hydrogen) atoms. The lowest BCUT2D eigenvalue weighted by molar-refractivity contribution is 0.595. The minimum atomic E-state index is -3.10. The number of thiophene rings is 1. The predicted molar refractivity (Wildman–Crippen MR) is 75.5 cm³/mol. The van der Waals surface area contributed by atoms with Crippen molar-refractivity contribution in [3.63, 3.8) is 0 Å². The van der Waals surface area contributed by atoms with Crippen molar-refractivity contribution in [2.45, 2.75) is 17.1 Å². The summed E-state index contributed by atoms with van der Waals surface area (Å²) < 4.78 is 24.3. The first-order chi connectivity index (χ1) is 8.58. The second-order valence-corrected chi connectivity index (χ2v) is 7.38. The Labute approximate surface area is 111 Å². The maximum atomic E-state index is 11.9. The highest BCUT2D eigenvalue weighted by Gasteiger charge is 2.14. The molecule has 1 aromatic carbocycles. The van der Waals surface area contributed by atoms with E-state index in [2.05, 4.69) is 0 Å². The van der Waals surface area contributed by atoms with Gasteiger partial charge >= 0.3 is 0 Å². The average Bonchev–Trinajstić information content (AvgIpc) is 2.86. The summed E-state index contributed by atoms with van der Waals surface area (Å²) in [7, 11) is -3.10. The fourth-order valence-corrected chi connectivity index (χ4v) is 4.15. The Morgan fingerprint density at radius 3 is 2.44 bits per heavy atom. The van der Waals surface area contributed by atoms with Crippen LogP contribution in [0.15, 0.2) is 46.0 Å². The predicted octanol–water partition coefficient (Wildman–Crippen LogP) is 2.74. The second-order valence-electron chi connectivity index (χ2n) is 4.10. The van der Waals surface area contributed by atoms with Crippen LogP contribution in [0.25, 0.3) is 0 Å². The largest absolute Gasteiger partial charge is 0.399 e. The van der Waals surface area contributed by atoms with Gasteiger partial charge in [0.05, 0.1) is 5.75 Å². The van der Waals surface area contributed by atoms with Crippen LogP contribution in [-0.2, 0) is 16.3 Å². The molecule has 96 valence electrons. The number of rotatable bonds is 5. The Balaban J connectivity index is 1.91. The Kier molecular flexibility index (Phi) is 4.04. The molecular formula is C13H15NO2S2. The molecule has 3 nitrogen and oxygen atoms in total. The molecule has 0 fully saturated rings. The van der Waals surface area contributed by atoms with Crippen LogP contribution in [0.1, 0.15) is 12.0 Å². The maximum Gasteiger partial charge on any atom is 0.187 e. The molecule has 0 unspecified atom stereocenters. The van der Waals surface area contributed by atoms with E-state index in [-0.39, 0.29) is 5.75 Å². The Hall–Kier alpha value is -1.33. The molecule has 0 bridgehead atoms. The van der Waals surface area contributed by atoms with Crippen molar-refractivity contribution in [1.82, 2.24) is 0 Å². The summed E-state index contributed by atoms with van der Waals surface area (Å²) in [5.74, 6) is 0.192. The third-order valence-electron chi connectivity index (χ3n) is 2.66. The van der Waals surface area contributed by atoms with Gasteiger partial charge < -0.3 is 5.73 Å². The third kappa shape index (κ3) is 3.34. The van der Waals surface area contributed by atoms with Gasteiger partial charge in [-0.1, -0.05) is 18.2 Å². The molecular weight excluding hydrogens is 266 g/mol. The van der Waals surface area contributed by atoms with E-state index >= 15 is 0 Å². The van der Waals surface area contributed by atoms with Gasteiger partial charge in [-0.2, -0.15) is 0 Å². The lowest BCUT2D eigenvalue weighted by atomic mass is 10.1. The summed E-state index contributed by atoms with van der Waals surface area (Å²) in [6.07, 6.45) is 1.38. The first-order valence-electron chi connectivity index (χ1n) is 5.68. The molecule has 0 spiro atoms. The van der Waals surface area contributed by atoms with Crippen LogP contribution in [0.5, 0.6) is 0 Å². The zero-order valence-corrected chi connectivity index (χ0v) is 11.5. The van der Waals surface area contributed by atoms with Crippen LogP contribution in [0.3, 0.4) is 0 Å². The van der Waals surface area contributed by atoms with Gasteiger partial charge in [-0.25, -0.2) is 8.42 Å². The van der Waals surface area contributed by atoms with Crippen molar-refractivity contribution in [2.75, 3.05) is 11.5 Å². The van der Waals surface area contributed by atoms with E-state index < -0.39 is 9.84 Å². The average molecular weight is 281 g/mol. The van der Waals surface area contributed by atoms with E-state index in [1.165, 1.54) is 11.3 Å². The summed E-state index contributed by atoms with van der Waals surface area (Å²) >= 11 is 1.27. The topological polar surface area (TPSA) is 60.2 Å². The van der Waals surface area contributed by atoms with E-state index in [1.807, 2.05) is 24.3 Å². The molecule has 1 aromatic heterocycles. The molecule has 2 N–H and O–H groups in total. The maximum absolute atomic E-state index is 11.9. The number of hydrogen-bond donors (Lipinski definition) is 1. The van der Waals surface area contributed by atoms with Crippen molar-refractivity contribution < 1.29 is 8.42 Å². The van der Waals surface area contributed by atoms with E-state index in [1.54, 1.807) is 17.5 Å². The van der Waals surface area contributed by atoms with Crippen molar-refractivity contribution in [3.05, 3.63) is 47.3 Å². The number of benzene rings is 1. The summed E-state index contributed by atoms with van der Waals surface area (Å²) in [6.45, 7) is 0. The van der Waals surface area contributed by atoms with Crippen LogP contribution >= 0.6 is 11.3 Å². The lowest BCUT2D eigenvalue weighted by Gasteiger charge is -2.03. The Bertz CT molecular complexity index is 586. The van der Waals surface area contributed by atoms with E-state index in [0.717, 1.165) is 17.7 Å². The third-order valence-corrected chi connectivity index (χ3v) is 5.95. The zero-order valence-electron chi connectivity index (χ0n) is 9.87. The van der Waals surface area contributed by atoms with Gasteiger partial charge in [0.1, 0.15) is 4.21 Å². The van der Waals surface area contributed by atoms with Gasteiger partial charge in [-0.05, 0) is 42.0 Å². The summed E-state index contributed by atoms with van der Waals surface area (Å²) in [4.78, 5) is 0. The number of nitrogens with two attached hydrogens (primary N) is 1. The SMILES string of the molecule is Nc1ccc(CCCS(=O)(=O)c2cccs2)cc1. The molecule has 2 aromatic rings. The van der Waals surface area contributed by atoms with Crippen molar-refractivity contribution in [3.8, 4) is 0 Å². The first kappa shape index (κ1) is 13.1. The molecule has 0 radical (unpaired) electrons. The van der Waals surface area contributed by atoms with Gasteiger partial charge in [0.15, 0.2) is 9.84 Å². The minimum absolute atomic E-state index is 0.192. The zero-order chi connectivity index (χ0) is 13.0. The fourth-order valence-electron chi connectivity index (χ4n) is 1.69. The van der Waals surface area contributed by atoms with Gasteiger partial charge in [0.2, 0.25) is 0 Å². The lowest BCUT2D eigenvalue weighted by Crippen LogP contribution is -2.06.